The third kappa shape index (κ3) is 6.00. The normalized spacial score (nSPS) is 11.1. The summed E-state index contributed by atoms with van der Waals surface area (Å²) in [6.07, 6.45) is 0.979. The number of aromatic amines is 1. The van der Waals surface area contributed by atoms with E-state index in [1.807, 2.05) is 30.3 Å². The number of ether oxygens (including phenoxy) is 2. The Morgan fingerprint density at radius 3 is 2.26 bits per heavy atom. The number of para-hydroxylation sites is 2. The number of imidazole rings is 1. The maximum atomic E-state index is 11.2. The van der Waals surface area contributed by atoms with Crippen molar-refractivity contribution in [3.05, 3.63) is 83.4 Å². The number of methoxy groups -OCH3 is 1. The minimum absolute atomic E-state index is 0.329. The number of hydrogen-bond acceptors (Lipinski definition) is 5. The van der Waals surface area contributed by atoms with Crippen LogP contribution in [-0.2, 0) is 15.7 Å². The molecule has 0 saturated heterocycles. The van der Waals surface area contributed by atoms with E-state index in [1.165, 1.54) is 18.2 Å². The summed E-state index contributed by atoms with van der Waals surface area (Å²) < 4.78 is 19.8. The van der Waals surface area contributed by atoms with E-state index in [0.29, 0.717) is 5.56 Å². The summed E-state index contributed by atoms with van der Waals surface area (Å²) in [7, 11) is 0.537. The first kappa shape index (κ1) is 23.1. The Morgan fingerprint density at radius 2 is 1.68 bits per heavy atom. The van der Waals surface area contributed by atoms with Gasteiger partial charge in [0.25, 0.3) is 0 Å². The Bertz CT molecular complexity index is 1120. The van der Waals surface area contributed by atoms with Gasteiger partial charge in [-0.1, -0.05) is 36.4 Å². The Kier molecular flexibility index (Phi) is 8.35. The zero-order chi connectivity index (χ0) is 22.2. The number of fused-ring (bicyclic) bond motifs is 3. The number of rotatable bonds is 1. The molecule has 0 radical (unpaired) electrons. The second-order valence-corrected chi connectivity index (χ2v) is 7.73. The van der Waals surface area contributed by atoms with Crippen molar-refractivity contribution in [2.45, 2.75) is 6.42 Å². The van der Waals surface area contributed by atoms with Gasteiger partial charge in [-0.05, 0) is 23.3 Å². The molecule has 0 amide bonds. The number of nitrogens with zero attached hydrogens (tertiary/aromatic N) is 1. The van der Waals surface area contributed by atoms with Crippen molar-refractivity contribution in [2.24, 2.45) is 0 Å². The summed E-state index contributed by atoms with van der Waals surface area (Å²) in [5, 5.41) is 0. The minimum Gasteiger partial charge on any atom is -0.457 e. The molecular weight excluding hydrogens is 426 g/mol. The first-order chi connectivity index (χ1) is 15.0. The van der Waals surface area contributed by atoms with Crippen molar-refractivity contribution in [3.8, 4) is 11.5 Å². The molecule has 0 fully saturated rings. The van der Waals surface area contributed by atoms with Crippen LogP contribution in [0.15, 0.2) is 66.7 Å². The molecule has 1 aliphatic rings. The smallest absolute Gasteiger partial charge is 0.324 e. The predicted molar refractivity (Wildman–Crippen MR) is 118 cm³/mol. The molecule has 3 aromatic carbocycles. The number of carbonyl (C=O) groups is 1. The van der Waals surface area contributed by atoms with Crippen LogP contribution >= 0.6 is 8.69 Å². The first-order valence-electron chi connectivity index (χ1n) is 9.40. The molecule has 2 N–H and O–H groups in total. The molecule has 31 heavy (non-hydrogen) atoms. The van der Waals surface area contributed by atoms with Gasteiger partial charge in [-0.25, -0.2) is 4.57 Å². The van der Waals surface area contributed by atoms with Gasteiger partial charge >= 0.3 is 107 Å². The molecule has 5 rings (SSSR count). The summed E-state index contributed by atoms with van der Waals surface area (Å²) in [5.41, 5.74) is 4.85. The molecule has 0 bridgehead atoms. The number of nitrogens with one attached hydrogen (secondary N) is 1. The Hall–Kier alpha value is -2.54. The van der Waals surface area contributed by atoms with Crippen LogP contribution in [0.4, 0.5) is 0 Å². The van der Waals surface area contributed by atoms with Crippen molar-refractivity contribution < 1.29 is 23.7 Å². The third-order valence-electron chi connectivity index (χ3n) is 4.57. The van der Waals surface area contributed by atoms with Crippen molar-refractivity contribution in [2.75, 3.05) is 7.11 Å². The average molecular weight is 444 g/mol. The van der Waals surface area contributed by atoms with Gasteiger partial charge < -0.3 is 9.63 Å². The van der Waals surface area contributed by atoms with E-state index in [9.17, 15) is 4.79 Å². The predicted octanol–water partition coefficient (Wildman–Crippen LogP) is 3.71. The summed E-state index contributed by atoms with van der Waals surface area (Å²) in [6.45, 7) is 0. The molecule has 0 saturated carbocycles. The molecule has 0 unspecified atom stereocenters. The molecule has 1 aromatic heterocycles. The fourth-order valence-electron chi connectivity index (χ4n) is 3.20. The molecule has 1 aliphatic heterocycles. The zero-order valence-electron chi connectivity index (χ0n) is 17.0. The van der Waals surface area contributed by atoms with Gasteiger partial charge in [0.2, 0.25) is 0 Å². The SMILES string of the molecule is COC(=O)c1ccc2[nH][c]([Na])nc2c1.O=PO.c1ccc2c(c1)Cc1ccccc1O2. The topological polar surface area (TPSA) is 102 Å². The van der Waals surface area contributed by atoms with E-state index in [4.69, 9.17) is 14.2 Å². The molecule has 7 nitrogen and oxygen atoms in total. The number of benzene rings is 3. The number of H-pyrrole nitrogens is 1. The van der Waals surface area contributed by atoms with Gasteiger partial charge in [0.05, 0.1) is 0 Å². The van der Waals surface area contributed by atoms with Crippen LogP contribution < -0.4 is 7.81 Å². The second kappa shape index (κ2) is 11.2. The molecule has 4 aromatic rings. The van der Waals surface area contributed by atoms with Crippen LogP contribution in [0, 0.1) is 0 Å². The second-order valence-electron chi connectivity index (χ2n) is 6.62. The monoisotopic (exact) mass is 444 g/mol. The van der Waals surface area contributed by atoms with Gasteiger partial charge in [0, 0.05) is 6.42 Å². The van der Waals surface area contributed by atoms with Gasteiger partial charge in [-0.15, -0.1) is 0 Å². The van der Waals surface area contributed by atoms with E-state index >= 15 is 0 Å². The summed E-state index contributed by atoms with van der Waals surface area (Å²) in [5.74, 6) is 1.65. The van der Waals surface area contributed by atoms with Crippen molar-refractivity contribution in [1.29, 1.82) is 0 Å². The van der Waals surface area contributed by atoms with Crippen LogP contribution in [0.5, 0.6) is 11.5 Å². The Morgan fingerprint density at radius 1 is 1.10 bits per heavy atom. The standard InChI is InChI=1S/C13H10O.C9H7N2O2.Na.HO2P/c1-3-7-12-10(5-1)9-11-6-2-4-8-13(11)14-12;1-13-9(12)6-2-3-7-8(4-6)11-5-10-7;;1-3-2/h1-8H,9H2;2-4H,1H3,(H,10,11);;(H,1,2). The fourth-order valence-corrected chi connectivity index (χ4v) is 3.71. The van der Waals surface area contributed by atoms with Crippen molar-refractivity contribution >= 4 is 56.7 Å². The minimum atomic E-state index is -0.833. The molecule has 0 spiro atoms. The van der Waals surface area contributed by atoms with Crippen molar-refractivity contribution in [1.82, 2.24) is 9.97 Å². The Balaban J connectivity index is 0.000000156. The first-order valence-corrected chi connectivity index (χ1v) is 11.2. The van der Waals surface area contributed by atoms with Gasteiger partial charge in [-0.3, -0.25) is 0 Å². The quantitative estimate of drug-likeness (QED) is 0.232. The maximum absolute atomic E-state index is 11.2. The van der Waals surface area contributed by atoms with Crippen molar-refractivity contribution in [3.63, 3.8) is 0 Å². The number of hydrogen-bond donors (Lipinski definition) is 2. The van der Waals surface area contributed by atoms with Crippen LogP contribution in [0.2, 0.25) is 0 Å². The third-order valence-corrected chi connectivity index (χ3v) is 5.04. The Labute approximate surface area is 198 Å². The average Bonchev–Trinajstić information content (AvgIpc) is 3.17. The number of esters is 1. The van der Waals surface area contributed by atoms with Gasteiger partial charge in [0.15, 0.2) is 0 Å². The van der Waals surface area contributed by atoms with Gasteiger partial charge in [-0.2, -0.15) is 0 Å². The molecular formula is C22H18N2NaO5P. The van der Waals surface area contributed by atoms with E-state index in [1.54, 1.807) is 12.1 Å². The van der Waals surface area contributed by atoms with E-state index in [0.717, 1.165) is 60.0 Å². The van der Waals surface area contributed by atoms with Crippen LogP contribution in [0.3, 0.4) is 0 Å². The zero-order valence-corrected chi connectivity index (χ0v) is 19.9. The molecule has 2 heterocycles. The van der Waals surface area contributed by atoms with Gasteiger partial charge in [0.1, 0.15) is 11.5 Å². The maximum Gasteiger partial charge on any atom is 0.324 e. The van der Waals surface area contributed by atoms with Crippen LogP contribution in [0.25, 0.3) is 11.0 Å². The largest absolute Gasteiger partial charge is 0.457 e. The molecule has 152 valence electrons. The molecule has 0 atom stereocenters. The van der Waals surface area contributed by atoms with E-state index in [2.05, 4.69) is 39.0 Å². The fraction of sp³-hybridized carbons (Fsp3) is 0.0909. The van der Waals surface area contributed by atoms with Crippen LogP contribution in [-0.4, -0.2) is 55.9 Å². The summed E-state index contributed by atoms with van der Waals surface area (Å²) >= 11 is 0.875. The van der Waals surface area contributed by atoms with E-state index in [-0.39, 0.29) is 5.97 Å². The number of aromatic nitrogens is 2. The summed E-state index contributed by atoms with van der Waals surface area (Å²) in [6, 6.07) is 21.7. The van der Waals surface area contributed by atoms with E-state index < -0.39 is 8.69 Å². The summed E-state index contributed by atoms with van der Waals surface area (Å²) in [4.78, 5) is 25.6. The van der Waals surface area contributed by atoms with Crippen LogP contribution in [0.1, 0.15) is 21.5 Å². The molecule has 0 aliphatic carbocycles. The molecule has 9 heteroatoms. The number of carbonyl (C=O) groups excluding carboxylic acids is 1.